The molecule has 0 fully saturated rings. The Morgan fingerprint density at radius 1 is 0.640 bits per heavy atom. The summed E-state index contributed by atoms with van der Waals surface area (Å²) in [5.41, 5.74) is 6.57. The van der Waals surface area contributed by atoms with Crippen LogP contribution < -0.4 is 14.2 Å². The van der Waals surface area contributed by atoms with Crippen LogP contribution in [0.25, 0.3) is 38.4 Å². The van der Waals surface area contributed by atoms with E-state index in [0.717, 1.165) is 49.5 Å². The average molecular weight is 695 g/mol. The van der Waals surface area contributed by atoms with E-state index < -0.39 is 5.97 Å². The first-order chi connectivity index (χ1) is 24.5. The van der Waals surface area contributed by atoms with Crippen molar-refractivity contribution in [2.45, 2.75) is 13.2 Å². The summed E-state index contributed by atoms with van der Waals surface area (Å²) in [5, 5.41) is 10.7. The third-order valence-corrected chi connectivity index (χ3v) is 9.41. The normalized spacial score (nSPS) is 11.1. The van der Waals surface area contributed by atoms with Crippen LogP contribution in [0.2, 0.25) is 5.02 Å². The van der Waals surface area contributed by atoms with Gasteiger partial charge in [-0.2, -0.15) is 0 Å². The van der Waals surface area contributed by atoms with E-state index >= 15 is 0 Å². The van der Waals surface area contributed by atoms with Crippen LogP contribution in [0.5, 0.6) is 23.0 Å². The molecule has 1 heterocycles. The highest BCUT2D eigenvalue weighted by Crippen LogP contribution is 2.46. The third kappa shape index (κ3) is 7.90. The number of halogens is 1. The number of hydrogen-bond donors (Lipinski definition) is 1. The number of thiophene rings is 1. The summed E-state index contributed by atoms with van der Waals surface area (Å²) >= 11 is 7.53. The fraction of sp³-hybridized carbons (Fsp3) is 0.0465. The number of aliphatic carboxylic acids is 1. The molecule has 1 N–H and O–H groups in total. The standard InChI is InChI=1S/C43H31ClO5S/c44-35-19-21-36(22-20-35)49-43-37-25-38(47-27-29-11-15-33(16-12-29)31-7-3-1-4-8-31)39(26-41(37)50-40(43)23-24-42(45)46)48-28-30-13-17-34(18-14-30)32-9-5-2-6-10-32/h1-26H,27-28H2,(H,45,46)/b24-23+. The van der Waals surface area contributed by atoms with Gasteiger partial charge < -0.3 is 19.3 Å². The zero-order chi connectivity index (χ0) is 34.3. The molecular formula is C43H31ClO5S. The highest BCUT2D eigenvalue weighted by Gasteiger charge is 2.19. The van der Waals surface area contributed by atoms with Gasteiger partial charge in [-0.05, 0) is 69.8 Å². The van der Waals surface area contributed by atoms with Gasteiger partial charge in [-0.3, -0.25) is 0 Å². The Bertz CT molecular complexity index is 2240. The number of rotatable bonds is 12. The van der Waals surface area contributed by atoms with Gasteiger partial charge in [0.05, 0.1) is 4.88 Å². The van der Waals surface area contributed by atoms with Crippen molar-refractivity contribution in [3.05, 3.63) is 173 Å². The van der Waals surface area contributed by atoms with Crippen LogP contribution in [0, 0.1) is 0 Å². The number of carbonyl (C=O) groups is 1. The van der Waals surface area contributed by atoms with Crippen LogP contribution in [0.15, 0.2) is 152 Å². The second-order valence-electron chi connectivity index (χ2n) is 11.5. The molecule has 0 saturated heterocycles. The van der Waals surface area contributed by atoms with E-state index in [-0.39, 0.29) is 0 Å². The maximum Gasteiger partial charge on any atom is 0.328 e. The molecule has 0 spiro atoms. The van der Waals surface area contributed by atoms with Gasteiger partial charge in [0.2, 0.25) is 0 Å². The Hall–Kier alpha value is -5.82. The van der Waals surface area contributed by atoms with E-state index in [4.69, 9.17) is 25.8 Å². The zero-order valence-electron chi connectivity index (χ0n) is 26.8. The molecule has 0 radical (unpaired) electrons. The van der Waals surface area contributed by atoms with Crippen molar-refractivity contribution >= 4 is 45.1 Å². The highest BCUT2D eigenvalue weighted by molar-refractivity contribution is 7.20. The van der Waals surface area contributed by atoms with Gasteiger partial charge in [0.15, 0.2) is 17.2 Å². The fourth-order valence-electron chi connectivity index (χ4n) is 5.48. The predicted octanol–water partition coefficient (Wildman–Crippen LogP) is 11.9. The summed E-state index contributed by atoms with van der Waals surface area (Å²) < 4.78 is 20.1. The summed E-state index contributed by atoms with van der Waals surface area (Å²) in [4.78, 5) is 12.1. The second kappa shape index (κ2) is 15.2. The van der Waals surface area contributed by atoms with Crippen molar-refractivity contribution in [1.29, 1.82) is 0 Å². The third-order valence-electron chi connectivity index (χ3n) is 8.06. The van der Waals surface area contributed by atoms with Crippen molar-refractivity contribution in [1.82, 2.24) is 0 Å². The van der Waals surface area contributed by atoms with Crippen LogP contribution in [0.1, 0.15) is 16.0 Å². The Morgan fingerprint density at radius 2 is 1.14 bits per heavy atom. The lowest BCUT2D eigenvalue weighted by Gasteiger charge is -2.15. The Labute approximate surface area is 299 Å². The zero-order valence-corrected chi connectivity index (χ0v) is 28.4. The van der Waals surface area contributed by atoms with Crippen LogP contribution in [0.3, 0.4) is 0 Å². The molecule has 0 amide bonds. The molecule has 6 aromatic carbocycles. The molecule has 0 bridgehead atoms. The molecule has 7 rings (SSSR count). The lowest BCUT2D eigenvalue weighted by atomic mass is 10.0. The van der Waals surface area contributed by atoms with Crippen LogP contribution in [-0.4, -0.2) is 11.1 Å². The van der Waals surface area contributed by atoms with Crippen LogP contribution in [0.4, 0.5) is 0 Å². The minimum atomic E-state index is -1.05. The maximum atomic E-state index is 11.5. The Kier molecular flexibility index (Phi) is 9.92. The summed E-state index contributed by atoms with van der Waals surface area (Å²) in [7, 11) is 0. The highest BCUT2D eigenvalue weighted by atomic mass is 35.5. The van der Waals surface area contributed by atoms with E-state index in [1.165, 1.54) is 11.3 Å². The molecule has 7 heteroatoms. The van der Waals surface area contributed by atoms with Gasteiger partial charge in [0.25, 0.3) is 0 Å². The van der Waals surface area contributed by atoms with Gasteiger partial charge in [-0.1, -0.05) is 121 Å². The number of fused-ring (bicyclic) bond motifs is 1. The topological polar surface area (TPSA) is 65.0 Å². The van der Waals surface area contributed by atoms with Crippen molar-refractivity contribution < 1.29 is 24.1 Å². The van der Waals surface area contributed by atoms with Gasteiger partial charge in [-0.15, -0.1) is 11.3 Å². The first kappa shape index (κ1) is 32.7. The molecule has 5 nitrogen and oxygen atoms in total. The van der Waals surface area contributed by atoms with E-state index in [1.807, 2.05) is 48.5 Å². The van der Waals surface area contributed by atoms with Crippen LogP contribution in [-0.2, 0) is 18.0 Å². The molecule has 7 aromatic rings. The molecule has 0 saturated carbocycles. The van der Waals surface area contributed by atoms with E-state index in [0.29, 0.717) is 46.1 Å². The SMILES string of the molecule is O=C(O)/C=C/c1sc2cc(OCc3ccc(-c4ccccc4)cc3)c(OCc3ccc(-c4ccccc4)cc3)cc2c1Oc1ccc(Cl)cc1. The Morgan fingerprint density at radius 3 is 1.66 bits per heavy atom. The van der Waals surface area contributed by atoms with Gasteiger partial charge in [0, 0.05) is 27.3 Å². The molecule has 0 atom stereocenters. The van der Waals surface area contributed by atoms with Crippen molar-refractivity contribution in [3.8, 4) is 45.3 Å². The molecular weight excluding hydrogens is 664 g/mol. The van der Waals surface area contributed by atoms with Crippen molar-refractivity contribution in [3.63, 3.8) is 0 Å². The van der Waals surface area contributed by atoms with Gasteiger partial charge >= 0.3 is 5.97 Å². The number of benzene rings is 6. The molecule has 50 heavy (non-hydrogen) atoms. The maximum absolute atomic E-state index is 11.5. The second-order valence-corrected chi connectivity index (χ2v) is 13.0. The monoisotopic (exact) mass is 694 g/mol. The van der Waals surface area contributed by atoms with Crippen molar-refractivity contribution in [2.24, 2.45) is 0 Å². The molecule has 0 unspecified atom stereocenters. The van der Waals surface area contributed by atoms with Crippen molar-refractivity contribution in [2.75, 3.05) is 0 Å². The Balaban J connectivity index is 1.21. The summed E-state index contributed by atoms with van der Waals surface area (Å²) in [6.45, 7) is 0.639. The lowest BCUT2D eigenvalue weighted by Crippen LogP contribution is -2.01. The number of carboxylic acids is 1. The van der Waals surface area contributed by atoms with Crippen LogP contribution >= 0.6 is 22.9 Å². The predicted molar refractivity (Wildman–Crippen MR) is 202 cm³/mol. The quantitative estimate of drug-likeness (QED) is 0.129. The first-order valence-electron chi connectivity index (χ1n) is 16.0. The number of carboxylic acid groups (broad SMARTS) is 1. The average Bonchev–Trinajstić information content (AvgIpc) is 3.49. The number of ether oxygens (including phenoxy) is 3. The number of hydrogen-bond acceptors (Lipinski definition) is 5. The molecule has 246 valence electrons. The molecule has 0 aliphatic heterocycles. The molecule has 1 aromatic heterocycles. The smallest absolute Gasteiger partial charge is 0.328 e. The lowest BCUT2D eigenvalue weighted by molar-refractivity contribution is -0.131. The van der Waals surface area contributed by atoms with Gasteiger partial charge in [-0.25, -0.2) is 4.79 Å². The molecule has 0 aliphatic carbocycles. The summed E-state index contributed by atoms with van der Waals surface area (Å²) in [5.74, 6) is 1.14. The fourth-order valence-corrected chi connectivity index (χ4v) is 6.65. The summed E-state index contributed by atoms with van der Waals surface area (Å²) in [6, 6.07) is 48.0. The van der Waals surface area contributed by atoms with E-state index in [2.05, 4.69) is 72.8 Å². The minimum absolute atomic E-state index is 0.312. The molecule has 0 aliphatic rings. The van der Waals surface area contributed by atoms with E-state index in [1.54, 1.807) is 30.3 Å². The van der Waals surface area contributed by atoms with E-state index in [9.17, 15) is 9.90 Å². The minimum Gasteiger partial charge on any atom is -0.485 e. The van der Waals surface area contributed by atoms with Gasteiger partial charge in [0.1, 0.15) is 19.0 Å². The summed E-state index contributed by atoms with van der Waals surface area (Å²) in [6.07, 6.45) is 2.65. The first-order valence-corrected chi connectivity index (χ1v) is 17.2. The largest absolute Gasteiger partial charge is 0.485 e.